The molecule has 2 heterocycles. The Morgan fingerprint density at radius 2 is 1.83 bits per heavy atom. The van der Waals surface area contributed by atoms with Crippen molar-refractivity contribution >= 4 is 11.7 Å². The average molecular weight is 394 g/mol. The highest BCUT2D eigenvalue weighted by Gasteiger charge is 2.23. The molecule has 2 aromatic rings. The number of rotatable bonds is 8. The van der Waals surface area contributed by atoms with Crippen molar-refractivity contribution < 1.29 is 14.3 Å². The second kappa shape index (κ2) is 10.3. The molecule has 152 valence electrons. The van der Waals surface area contributed by atoms with Gasteiger partial charge < -0.3 is 19.3 Å². The lowest BCUT2D eigenvalue weighted by atomic mass is 10.2. The summed E-state index contributed by atoms with van der Waals surface area (Å²) in [5.41, 5.74) is 0.566. The quantitative estimate of drug-likeness (QED) is 0.641. The van der Waals surface area contributed by atoms with Gasteiger partial charge in [0, 0.05) is 38.8 Å². The Kier molecular flexibility index (Phi) is 7.28. The Morgan fingerprint density at radius 1 is 1.10 bits per heavy atom. The molecule has 0 radical (unpaired) electrons. The minimum atomic E-state index is 0.132. The number of amides is 1. The average Bonchev–Trinajstić information content (AvgIpc) is 2.78. The molecule has 1 fully saturated rings. The van der Waals surface area contributed by atoms with Crippen molar-refractivity contribution in [2.75, 3.05) is 44.3 Å². The van der Waals surface area contributed by atoms with Gasteiger partial charge in [-0.25, -0.2) is 4.98 Å². The van der Waals surface area contributed by atoms with Crippen LogP contribution in [0.1, 0.15) is 25.3 Å². The summed E-state index contributed by atoms with van der Waals surface area (Å²) in [6.07, 6.45) is 2.79. The van der Waals surface area contributed by atoms with Crippen molar-refractivity contribution in [1.82, 2.24) is 9.88 Å². The van der Waals surface area contributed by atoms with E-state index in [9.17, 15) is 10.1 Å². The summed E-state index contributed by atoms with van der Waals surface area (Å²) in [4.78, 5) is 20.8. The second-order valence-electron chi connectivity index (χ2n) is 6.69. The molecule has 0 N–H and O–H groups in total. The van der Waals surface area contributed by atoms with Gasteiger partial charge in [0.1, 0.15) is 11.9 Å². The van der Waals surface area contributed by atoms with Crippen LogP contribution in [-0.4, -0.2) is 55.2 Å². The Morgan fingerprint density at radius 3 is 2.52 bits per heavy atom. The molecule has 0 atom stereocenters. The Balaban J connectivity index is 1.42. The molecule has 0 spiro atoms. The van der Waals surface area contributed by atoms with Crippen molar-refractivity contribution in [3.63, 3.8) is 0 Å². The van der Waals surface area contributed by atoms with Crippen LogP contribution >= 0.6 is 0 Å². The monoisotopic (exact) mass is 394 g/mol. The number of nitrogens with zero attached hydrogens (tertiary/aromatic N) is 4. The summed E-state index contributed by atoms with van der Waals surface area (Å²) in [5, 5.41) is 9.24. The van der Waals surface area contributed by atoms with Crippen LogP contribution in [0.5, 0.6) is 11.5 Å². The fraction of sp³-hybridized carbons (Fsp3) is 0.409. The Hall–Kier alpha value is -3.27. The fourth-order valence-corrected chi connectivity index (χ4v) is 3.31. The summed E-state index contributed by atoms with van der Waals surface area (Å²) in [5.74, 6) is 2.26. The first-order valence-corrected chi connectivity index (χ1v) is 9.95. The number of carbonyl (C=O) groups is 1. The van der Waals surface area contributed by atoms with Gasteiger partial charge in [0.15, 0.2) is 11.5 Å². The van der Waals surface area contributed by atoms with Crippen molar-refractivity contribution in [2.24, 2.45) is 0 Å². The minimum absolute atomic E-state index is 0.132. The van der Waals surface area contributed by atoms with Gasteiger partial charge in [-0.15, -0.1) is 0 Å². The summed E-state index contributed by atoms with van der Waals surface area (Å²) >= 11 is 0. The molecule has 7 nitrogen and oxygen atoms in total. The molecule has 1 aliphatic rings. The van der Waals surface area contributed by atoms with E-state index in [1.165, 1.54) is 0 Å². The zero-order valence-electron chi connectivity index (χ0n) is 16.7. The third kappa shape index (κ3) is 5.38. The SMILES string of the molecule is CCOc1ccccc1OCCCC(=O)N1CCN(c2ncccc2C#N)CC1. The zero-order chi connectivity index (χ0) is 20.5. The van der Waals surface area contributed by atoms with Crippen molar-refractivity contribution in [1.29, 1.82) is 5.26 Å². The number of para-hydroxylation sites is 2. The summed E-state index contributed by atoms with van der Waals surface area (Å²) in [6, 6.07) is 13.3. The Bertz CT molecular complexity index is 857. The lowest BCUT2D eigenvalue weighted by molar-refractivity contribution is -0.131. The maximum atomic E-state index is 12.5. The molecule has 0 saturated carbocycles. The van der Waals surface area contributed by atoms with Crippen molar-refractivity contribution in [2.45, 2.75) is 19.8 Å². The highest BCUT2D eigenvalue weighted by molar-refractivity contribution is 5.76. The van der Waals surface area contributed by atoms with E-state index in [1.807, 2.05) is 36.1 Å². The lowest BCUT2D eigenvalue weighted by Crippen LogP contribution is -2.49. The first-order chi connectivity index (χ1) is 14.2. The molecule has 3 rings (SSSR count). The predicted octanol–water partition coefficient (Wildman–Crippen LogP) is 2.86. The van der Waals surface area contributed by atoms with Crippen LogP contribution in [0, 0.1) is 11.3 Å². The van der Waals surface area contributed by atoms with E-state index in [-0.39, 0.29) is 5.91 Å². The van der Waals surface area contributed by atoms with Crippen LogP contribution in [0.4, 0.5) is 5.82 Å². The number of nitriles is 1. The minimum Gasteiger partial charge on any atom is -0.490 e. The van der Waals surface area contributed by atoms with Gasteiger partial charge in [-0.1, -0.05) is 12.1 Å². The number of carbonyl (C=O) groups excluding carboxylic acids is 1. The molecule has 1 amide bonds. The molecule has 1 aliphatic heterocycles. The standard InChI is InChI=1S/C22H26N4O3/c1-2-28-19-8-3-4-9-20(19)29-16-6-10-21(27)25-12-14-26(15-13-25)22-18(17-23)7-5-11-24-22/h3-5,7-9,11H,2,6,10,12-16H2,1H3. The first-order valence-electron chi connectivity index (χ1n) is 9.95. The van der Waals surface area contributed by atoms with Crippen LogP contribution in [0.2, 0.25) is 0 Å². The van der Waals surface area contributed by atoms with Gasteiger partial charge in [0.05, 0.1) is 18.8 Å². The van der Waals surface area contributed by atoms with E-state index in [4.69, 9.17) is 9.47 Å². The van der Waals surface area contributed by atoms with Crippen LogP contribution in [0.25, 0.3) is 0 Å². The van der Waals surface area contributed by atoms with Gasteiger partial charge in [-0.05, 0) is 37.6 Å². The number of ether oxygens (including phenoxy) is 2. The summed E-state index contributed by atoms with van der Waals surface area (Å²) in [6.45, 7) is 5.60. The maximum Gasteiger partial charge on any atom is 0.222 e. The number of pyridine rings is 1. The van der Waals surface area contributed by atoms with Gasteiger partial charge in [0.25, 0.3) is 0 Å². The molecule has 0 bridgehead atoms. The highest BCUT2D eigenvalue weighted by Crippen LogP contribution is 2.26. The van der Waals surface area contributed by atoms with Gasteiger partial charge >= 0.3 is 0 Å². The third-order valence-corrected chi connectivity index (χ3v) is 4.78. The van der Waals surface area contributed by atoms with E-state index in [1.54, 1.807) is 18.3 Å². The molecule has 7 heteroatoms. The van der Waals surface area contributed by atoms with Gasteiger partial charge in [-0.3, -0.25) is 4.79 Å². The van der Waals surface area contributed by atoms with E-state index in [0.29, 0.717) is 69.4 Å². The molecular formula is C22H26N4O3. The van der Waals surface area contributed by atoms with E-state index in [0.717, 1.165) is 5.75 Å². The van der Waals surface area contributed by atoms with Crippen molar-refractivity contribution in [3.05, 3.63) is 48.2 Å². The number of benzene rings is 1. The molecule has 1 aromatic carbocycles. The van der Waals surface area contributed by atoms with Crippen molar-refractivity contribution in [3.8, 4) is 17.6 Å². The van der Waals surface area contributed by atoms with Gasteiger partial charge in [0.2, 0.25) is 5.91 Å². The topological polar surface area (TPSA) is 78.7 Å². The van der Waals surface area contributed by atoms with E-state index < -0.39 is 0 Å². The van der Waals surface area contributed by atoms with Crippen LogP contribution in [0.3, 0.4) is 0 Å². The van der Waals surface area contributed by atoms with E-state index >= 15 is 0 Å². The highest BCUT2D eigenvalue weighted by atomic mass is 16.5. The maximum absolute atomic E-state index is 12.5. The molecule has 0 aliphatic carbocycles. The Labute approximate surface area is 171 Å². The van der Waals surface area contributed by atoms with Crippen LogP contribution in [-0.2, 0) is 4.79 Å². The zero-order valence-corrected chi connectivity index (χ0v) is 16.7. The molecule has 0 unspecified atom stereocenters. The number of anilines is 1. The number of hydrogen-bond donors (Lipinski definition) is 0. The largest absolute Gasteiger partial charge is 0.490 e. The molecular weight excluding hydrogens is 368 g/mol. The lowest BCUT2D eigenvalue weighted by Gasteiger charge is -2.35. The third-order valence-electron chi connectivity index (χ3n) is 4.78. The van der Waals surface area contributed by atoms with Crippen LogP contribution < -0.4 is 14.4 Å². The summed E-state index contributed by atoms with van der Waals surface area (Å²) in [7, 11) is 0. The number of aromatic nitrogens is 1. The molecule has 1 saturated heterocycles. The molecule has 29 heavy (non-hydrogen) atoms. The first kappa shape index (κ1) is 20.5. The van der Waals surface area contributed by atoms with Gasteiger partial charge in [-0.2, -0.15) is 5.26 Å². The second-order valence-corrected chi connectivity index (χ2v) is 6.69. The predicted molar refractivity (Wildman–Crippen MR) is 110 cm³/mol. The summed E-state index contributed by atoms with van der Waals surface area (Å²) < 4.78 is 11.3. The number of hydrogen-bond acceptors (Lipinski definition) is 6. The smallest absolute Gasteiger partial charge is 0.222 e. The van der Waals surface area contributed by atoms with Crippen LogP contribution in [0.15, 0.2) is 42.6 Å². The number of piperazine rings is 1. The van der Waals surface area contributed by atoms with E-state index in [2.05, 4.69) is 16.0 Å². The molecule has 1 aromatic heterocycles. The normalized spacial score (nSPS) is 13.7. The fourth-order valence-electron chi connectivity index (χ4n) is 3.31.